The molecule has 0 saturated carbocycles. The van der Waals surface area contributed by atoms with E-state index in [4.69, 9.17) is 5.11 Å². The van der Waals surface area contributed by atoms with Crippen molar-refractivity contribution in [2.45, 2.75) is 96.8 Å². The molecule has 0 bridgehead atoms. The molecule has 0 saturated heterocycles. The Morgan fingerprint density at radius 1 is 0.840 bits per heavy atom. The number of hydrogen-bond acceptors (Lipinski definition) is 3. The first-order valence-corrected chi connectivity index (χ1v) is 9.50. The largest absolute Gasteiger partial charge is 0.481 e. The van der Waals surface area contributed by atoms with Gasteiger partial charge in [0, 0.05) is 32.0 Å². The van der Waals surface area contributed by atoms with Gasteiger partial charge in [-0.15, -0.1) is 0 Å². The van der Waals surface area contributed by atoms with Gasteiger partial charge in [-0.3, -0.25) is 4.79 Å². The van der Waals surface area contributed by atoms with E-state index in [2.05, 4.69) is 18.2 Å². The van der Waals surface area contributed by atoms with Crippen molar-refractivity contribution < 1.29 is 38.9 Å². The molecule has 0 aromatic carbocycles. The van der Waals surface area contributed by atoms with Gasteiger partial charge in [0.25, 0.3) is 0 Å². The zero-order valence-corrected chi connectivity index (χ0v) is 19.5. The number of rotatable bonds is 15. The summed E-state index contributed by atoms with van der Waals surface area (Å²) in [5, 5.41) is 8.49. The molecule has 0 aliphatic rings. The van der Waals surface area contributed by atoms with Crippen LogP contribution in [-0.2, 0) is 33.8 Å². The summed E-state index contributed by atoms with van der Waals surface area (Å²) in [6.07, 6.45) is 18.4. The van der Waals surface area contributed by atoms with Crippen LogP contribution >= 0.6 is 0 Å². The van der Waals surface area contributed by atoms with Crippen LogP contribution in [0.5, 0.6) is 0 Å². The second-order valence-electron chi connectivity index (χ2n) is 6.11. The molecule has 0 rings (SSSR count). The third-order valence-corrected chi connectivity index (χ3v) is 3.86. The average Bonchev–Trinajstić information content (AvgIpc) is 2.58. The maximum absolute atomic E-state index is 10.3. The van der Waals surface area contributed by atoms with E-state index in [0.717, 1.165) is 18.9 Å². The Kier molecular flexibility index (Phi) is 29.7. The zero-order chi connectivity index (χ0) is 18.5. The Labute approximate surface area is 167 Å². The first-order valence-electron chi connectivity index (χ1n) is 9.50. The molecular weight excluding hydrogens is 370 g/mol. The molecule has 0 radical (unpaired) electrons. The smallest absolute Gasteiger partial charge is 0.329 e. The summed E-state index contributed by atoms with van der Waals surface area (Å²) in [4.78, 5) is 20.1. The molecule has 144 valence electrons. The number of carbonyl (C=O) groups excluding carboxylic acids is 1. The number of ether oxygens (including phenoxy) is 1. The van der Waals surface area contributed by atoms with Crippen LogP contribution in [0.1, 0.15) is 96.8 Å². The number of hydrogen-bond donors (Lipinski definition) is 1. The van der Waals surface area contributed by atoms with Crippen LogP contribution in [0.3, 0.4) is 0 Å². The minimum atomic E-state index is -0.655. The maximum Gasteiger partial charge on any atom is 0.329 e. The molecule has 4 nitrogen and oxygen atoms in total. The summed E-state index contributed by atoms with van der Waals surface area (Å²) >= 11 is 0. The van der Waals surface area contributed by atoms with Crippen molar-refractivity contribution in [2.24, 2.45) is 0 Å². The van der Waals surface area contributed by atoms with Gasteiger partial charge in [0.15, 0.2) is 0 Å². The van der Waals surface area contributed by atoms with Gasteiger partial charge in [-0.2, -0.15) is 0 Å². The molecule has 25 heavy (non-hydrogen) atoms. The standard InChI is InChI=1S/C16H32O2.C4H6O2.Zn/c1-2-3-4-5-6-7-8-9-10-11-12-13-14-15-16(17)18;1-3-4(5)6-2;/h2-15H2,1H3,(H,17,18);3H,1H2,2H3;. The van der Waals surface area contributed by atoms with Crippen molar-refractivity contribution in [3.05, 3.63) is 12.7 Å². The molecule has 0 unspecified atom stereocenters. The molecule has 0 amide bonds. The average molecular weight is 408 g/mol. The minimum absolute atomic E-state index is 0. The van der Waals surface area contributed by atoms with Crippen molar-refractivity contribution >= 4 is 11.9 Å². The van der Waals surface area contributed by atoms with Crippen molar-refractivity contribution in [1.82, 2.24) is 0 Å². The topological polar surface area (TPSA) is 63.6 Å². The van der Waals surface area contributed by atoms with E-state index >= 15 is 0 Å². The number of carboxylic acid groups (broad SMARTS) is 1. The van der Waals surface area contributed by atoms with Gasteiger partial charge >= 0.3 is 11.9 Å². The summed E-state index contributed by atoms with van der Waals surface area (Å²) < 4.78 is 4.14. The van der Waals surface area contributed by atoms with Crippen LogP contribution in [0.15, 0.2) is 12.7 Å². The Morgan fingerprint density at radius 2 is 1.20 bits per heavy atom. The molecule has 0 spiro atoms. The summed E-state index contributed by atoms with van der Waals surface area (Å²) in [6, 6.07) is 0. The number of carbonyl (C=O) groups is 2. The summed E-state index contributed by atoms with van der Waals surface area (Å²) in [5.41, 5.74) is 0. The van der Waals surface area contributed by atoms with E-state index in [1.807, 2.05) is 0 Å². The molecular formula is C20H38O4Zn. The Morgan fingerprint density at radius 3 is 1.44 bits per heavy atom. The van der Waals surface area contributed by atoms with Gasteiger partial charge < -0.3 is 9.84 Å². The molecule has 0 heterocycles. The third kappa shape index (κ3) is 31.6. The predicted molar refractivity (Wildman–Crippen MR) is 100 cm³/mol. The number of esters is 1. The van der Waals surface area contributed by atoms with E-state index in [0.29, 0.717) is 6.42 Å². The molecule has 1 N–H and O–H groups in total. The SMILES string of the molecule is C=CC(=O)OC.CCCCCCCCCCCCCCCC(=O)O.[Zn]. The van der Waals surface area contributed by atoms with Crippen molar-refractivity contribution in [2.75, 3.05) is 7.11 Å². The molecule has 0 aliphatic carbocycles. The summed E-state index contributed by atoms with van der Waals surface area (Å²) in [7, 11) is 1.31. The first kappa shape index (κ1) is 29.1. The normalized spacial score (nSPS) is 9.36. The van der Waals surface area contributed by atoms with E-state index in [9.17, 15) is 9.59 Å². The number of unbranched alkanes of at least 4 members (excludes halogenated alkanes) is 12. The molecule has 0 fully saturated rings. The fourth-order valence-corrected chi connectivity index (χ4v) is 2.38. The fourth-order valence-electron chi connectivity index (χ4n) is 2.38. The zero-order valence-electron chi connectivity index (χ0n) is 16.6. The monoisotopic (exact) mass is 406 g/mol. The summed E-state index contributed by atoms with van der Waals surface area (Å²) in [5.74, 6) is -1.05. The van der Waals surface area contributed by atoms with E-state index < -0.39 is 11.9 Å². The second-order valence-corrected chi connectivity index (χ2v) is 6.11. The predicted octanol–water partition coefficient (Wildman–Crippen LogP) is 5.90. The van der Waals surface area contributed by atoms with Gasteiger partial charge in [0.1, 0.15) is 0 Å². The van der Waals surface area contributed by atoms with Crippen molar-refractivity contribution in [3.63, 3.8) is 0 Å². The number of methoxy groups -OCH3 is 1. The number of carboxylic acids is 1. The van der Waals surface area contributed by atoms with Gasteiger partial charge in [-0.25, -0.2) is 4.79 Å². The van der Waals surface area contributed by atoms with Crippen LogP contribution in [0.25, 0.3) is 0 Å². The molecule has 0 aromatic heterocycles. The third-order valence-electron chi connectivity index (χ3n) is 3.86. The number of aliphatic carboxylic acids is 1. The van der Waals surface area contributed by atoms with Gasteiger partial charge in [-0.1, -0.05) is 90.6 Å². The van der Waals surface area contributed by atoms with Crippen molar-refractivity contribution in [3.8, 4) is 0 Å². The maximum atomic E-state index is 10.3. The minimum Gasteiger partial charge on any atom is -0.481 e. The van der Waals surface area contributed by atoms with Crippen molar-refractivity contribution in [1.29, 1.82) is 0 Å². The fraction of sp³-hybridized carbons (Fsp3) is 0.800. The van der Waals surface area contributed by atoms with Crippen LogP contribution in [0.4, 0.5) is 0 Å². The van der Waals surface area contributed by atoms with Crippen LogP contribution in [-0.4, -0.2) is 24.2 Å². The molecule has 5 heteroatoms. The van der Waals surface area contributed by atoms with Crippen LogP contribution in [0.2, 0.25) is 0 Å². The quantitative estimate of drug-likeness (QED) is 0.159. The first-order chi connectivity index (χ1) is 11.6. The van der Waals surface area contributed by atoms with Crippen LogP contribution < -0.4 is 0 Å². The van der Waals surface area contributed by atoms with Gasteiger partial charge in [-0.05, 0) is 6.42 Å². The van der Waals surface area contributed by atoms with Gasteiger partial charge in [0.05, 0.1) is 7.11 Å². The van der Waals surface area contributed by atoms with E-state index in [1.165, 1.54) is 77.7 Å². The van der Waals surface area contributed by atoms with E-state index in [1.54, 1.807) is 0 Å². The Hall–Kier alpha value is -0.697. The van der Waals surface area contributed by atoms with Gasteiger partial charge in [0.2, 0.25) is 0 Å². The second kappa shape index (κ2) is 25.5. The van der Waals surface area contributed by atoms with Crippen LogP contribution in [0, 0.1) is 0 Å². The van der Waals surface area contributed by atoms with E-state index in [-0.39, 0.29) is 19.5 Å². The Balaban J connectivity index is -0.000000592. The Bertz CT molecular complexity index is 306. The molecule has 0 aromatic rings. The molecule has 0 atom stereocenters. The molecule has 0 aliphatic heterocycles. The summed E-state index contributed by atoms with van der Waals surface area (Å²) in [6.45, 7) is 5.42.